The number of nitrogens with two attached hydrogens (primary N) is 1. The standard InChI is InChI=1S/C10H17N3/c1-7-4-3-5-10-9(6-11)12-8(2)13(7)10/h7H,3-6,11H2,1-2H3. The van der Waals surface area contributed by atoms with Crippen molar-refractivity contribution in [3.8, 4) is 0 Å². The number of aryl methyl sites for hydroxylation is 1. The molecule has 0 amide bonds. The first-order valence-electron chi connectivity index (χ1n) is 5.00. The molecule has 0 bridgehead atoms. The number of rotatable bonds is 1. The third-order valence-corrected chi connectivity index (χ3v) is 2.94. The molecule has 0 saturated carbocycles. The summed E-state index contributed by atoms with van der Waals surface area (Å²) in [6, 6.07) is 0.608. The van der Waals surface area contributed by atoms with Gasteiger partial charge in [-0.1, -0.05) is 0 Å². The molecule has 0 saturated heterocycles. The lowest BCUT2D eigenvalue weighted by atomic mass is 10.0. The van der Waals surface area contributed by atoms with Crippen LogP contribution in [0.15, 0.2) is 0 Å². The van der Waals surface area contributed by atoms with E-state index in [0.29, 0.717) is 12.6 Å². The summed E-state index contributed by atoms with van der Waals surface area (Å²) in [5, 5.41) is 0. The molecule has 1 unspecified atom stereocenters. The van der Waals surface area contributed by atoms with Gasteiger partial charge < -0.3 is 10.3 Å². The highest BCUT2D eigenvalue weighted by molar-refractivity contribution is 5.19. The number of fused-ring (bicyclic) bond motifs is 1. The molecule has 0 spiro atoms. The Balaban J connectivity index is 2.51. The lowest BCUT2D eigenvalue weighted by Gasteiger charge is -2.23. The Morgan fingerprint density at radius 2 is 2.38 bits per heavy atom. The van der Waals surface area contributed by atoms with Crippen molar-refractivity contribution >= 4 is 0 Å². The van der Waals surface area contributed by atoms with Crippen LogP contribution >= 0.6 is 0 Å². The topological polar surface area (TPSA) is 43.8 Å². The second-order valence-electron chi connectivity index (χ2n) is 3.87. The van der Waals surface area contributed by atoms with E-state index in [-0.39, 0.29) is 0 Å². The van der Waals surface area contributed by atoms with Gasteiger partial charge in [-0.15, -0.1) is 0 Å². The van der Waals surface area contributed by atoms with E-state index in [0.717, 1.165) is 17.9 Å². The van der Waals surface area contributed by atoms with E-state index in [1.165, 1.54) is 18.5 Å². The Bertz CT molecular complexity index is 314. The fourth-order valence-electron chi connectivity index (χ4n) is 2.36. The van der Waals surface area contributed by atoms with Gasteiger partial charge in [0, 0.05) is 18.3 Å². The zero-order valence-corrected chi connectivity index (χ0v) is 8.38. The summed E-state index contributed by atoms with van der Waals surface area (Å²) in [5.74, 6) is 1.13. The number of aromatic nitrogens is 2. The van der Waals surface area contributed by atoms with E-state index in [1.54, 1.807) is 0 Å². The first-order chi connectivity index (χ1) is 6.24. The molecule has 0 radical (unpaired) electrons. The van der Waals surface area contributed by atoms with Crippen LogP contribution in [-0.4, -0.2) is 9.55 Å². The molecule has 72 valence electrons. The van der Waals surface area contributed by atoms with Crippen LogP contribution in [0.5, 0.6) is 0 Å². The van der Waals surface area contributed by atoms with Gasteiger partial charge >= 0.3 is 0 Å². The van der Waals surface area contributed by atoms with Gasteiger partial charge in [0.1, 0.15) is 5.82 Å². The van der Waals surface area contributed by atoms with Crippen molar-refractivity contribution in [1.82, 2.24) is 9.55 Å². The quantitative estimate of drug-likeness (QED) is 0.710. The largest absolute Gasteiger partial charge is 0.329 e. The Hall–Kier alpha value is -0.830. The summed E-state index contributed by atoms with van der Waals surface area (Å²) < 4.78 is 2.35. The van der Waals surface area contributed by atoms with Gasteiger partial charge in [-0.2, -0.15) is 0 Å². The van der Waals surface area contributed by atoms with E-state index in [2.05, 4.69) is 23.4 Å². The highest BCUT2D eigenvalue weighted by Gasteiger charge is 2.21. The molecule has 1 aliphatic heterocycles. The smallest absolute Gasteiger partial charge is 0.106 e. The molecule has 0 fully saturated rings. The molecule has 1 atom stereocenters. The van der Waals surface area contributed by atoms with Gasteiger partial charge in [0.15, 0.2) is 0 Å². The maximum Gasteiger partial charge on any atom is 0.106 e. The van der Waals surface area contributed by atoms with E-state index in [4.69, 9.17) is 5.73 Å². The van der Waals surface area contributed by atoms with Crippen LogP contribution in [0.4, 0.5) is 0 Å². The number of imidazole rings is 1. The van der Waals surface area contributed by atoms with Crippen LogP contribution in [0.1, 0.15) is 43.0 Å². The number of hydrogen-bond acceptors (Lipinski definition) is 2. The summed E-state index contributed by atoms with van der Waals surface area (Å²) in [6.07, 6.45) is 3.70. The Morgan fingerprint density at radius 1 is 1.62 bits per heavy atom. The summed E-state index contributed by atoms with van der Waals surface area (Å²) >= 11 is 0. The molecular weight excluding hydrogens is 162 g/mol. The second-order valence-corrected chi connectivity index (χ2v) is 3.87. The maximum absolute atomic E-state index is 5.66. The Kier molecular flexibility index (Phi) is 2.12. The normalized spacial score (nSPS) is 21.6. The molecule has 2 N–H and O–H groups in total. The molecule has 0 aliphatic carbocycles. The minimum Gasteiger partial charge on any atom is -0.329 e. The van der Waals surface area contributed by atoms with Crippen molar-refractivity contribution in [3.63, 3.8) is 0 Å². The van der Waals surface area contributed by atoms with Gasteiger partial charge in [-0.3, -0.25) is 0 Å². The van der Waals surface area contributed by atoms with Crippen LogP contribution in [0.25, 0.3) is 0 Å². The first kappa shape index (κ1) is 8.75. The van der Waals surface area contributed by atoms with E-state index in [9.17, 15) is 0 Å². The van der Waals surface area contributed by atoms with Gasteiger partial charge in [-0.25, -0.2) is 4.98 Å². The molecule has 2 heterocycles. The van der Waals surface area contributed by atoms with Crippen LogP contribution in [0.3, 0.4) is 0 Å². The van der Waals surface area contributed by atoms with E-state index in [1.807, 2.05) is 0 Å². The van der Waals surface area contributed by atoms with Crippen LogP contribution in [0, 0.1) is 6.92 Å². The monoisotopic (exact) mass is 179 g/mol. The zero-order valence-electron chi connectivity index (χ0n) is 8.38. The highest BCUT2D eigenvalue weighted by Crippen LogP contribution is 2.27. The summed E-state index contributed by atoms with van der Waals surface area (Å²) in [4.78, 5) is 4.50. The van der Waals surface area contributed by atoms with Crippen molar-refractivity contribution in [2.24, 2.45) is 5.73 Å². The minimum absolute atomic E-state index is 0.579. The van der Waals surface area contributed by atoms with Gasteiger partial charge in [0.2, 0.25) is 0 Å². The molecule has 13 heavy (non-hydrogen) atoms. The van der Waals surface area contributed by atoms with Crippen molar-refractivity contribution in [2.45, 2.75) is 45.7 Å². The fourth-order valence-corrected chi connectivity index (χ4v) is 2.36. The zero-order chi connectivity index (χ0) is 9.42. The minimum atomic E-state index is 0.579. The predicted molar refractivity (Wildman–Crippen MR) is 52.5 cm³/mol. The molecule has 1 aromatic rings. The summed E-state index contributed by atoms with van der Waals surface area (Å²) in [7, 11) is 0. The van der Waals surface area contributed by atoms with Gasteiger partial charge in [0.05, 0.1) is 5.69 Å². The average molecular weight is 179 g/mol. The predicted octanol–water partition coefficient (Wildman–Crippen LogP) is 1.55. The molecule has 3 heteroatoms. The lowest BCUT2D eigenvalue weighted by Crippen LogP contribution is -2.17. The maximum atomic E-state index is 5.66. The fraction of sp³-hybridized carbons (Fsp3) is 0.700. The summed E-state index contributed by atoms with van der Waals surface area (Å²) in [5.41, 5.74) is 8.13. The van der Waals surface area contributed by atoms with E-state index >= 15 is 0 Å². The molecule has 1 aromatic heterocycles. The lowest BCUT2D eigenvalue weighted by molar-refractivity contribution is 0.422. The highest BCUT2D eigenvalue weighted by atomic mass is 15.1. The molecule has 2 rings (SSSR count). The SMILES string of the molecule is Cc1nc(CN)c2n1C(C)CCC2. The van der Waals surface area contributed by atoms with Gasteiger partial charge in [0.25, 0.3) is 0 Å². The Labute approximate surface area is 79.0 Å². The second kappa shape index (κ2) is 3.14. The third-order valence-electron chi connectivity index (χ3n) is 2.94. The number of hydrogen-bond donors (Lipinski definition) is 1. The summed E-state index contributed by atoms with van der Waals surface area (Å²) in [6.45, 7) is 4.91. The molecule has 0 aromatic carbocycles. The van der Waals surface area contributed by atoms with E-state index < -0.39 is 0 Å². The van der Waals surface area contributed by atoms with Crippen molar-refractivity contribution in [3.05, 3.63) is 17.2 Å². The average Bonchev–Trinajstić information content (AvgIpc) is 2.44. The third kappa shape index (κ3) is 1.27. The molecular formula is C10H17N3. The molecule has 1 aliphatic rings. The van der Waals surface area contributed by atoms with Crippen LogP contribution in [0.2, 0.25) is 0 Å². The van der Waals surface area contributed by atoms with Crippen molar-refractivity contribution in [2.75, 3.05) is 0 Å². The molecule has 3 nitrogen and oxygen atoms in total. The van der Waals surface area contributed by atoms with Crippen molar-refractivity contribution in [1.29, 1.82) is 0 Å². The van der Waals surface area contributed by atoms with Crippen molar-refractivity contribution < 1.29 is 0 Å². The Morgan fingerprint density at radius 3 is 3.08 bits per heavy atom. The number of nitrogens with zero attached hydrogens (tertiary/aromatic N) is 2. The first-order valence-corrected chi connectivity index (χ1v) is 5.00. The van der Waals surface area contributed by atoms with Crippen LogP contribution in [-0.2, 0) is 13.0 Å². The van der Waals surface area contributed by atoms with Crippen LogP contribution < -0.4 is 5.73 Å². The van der Waals surface area contributed by atoms with Gasteiger partial charge in [-0.05, 0) is 33.1 Å².